The van der Waals surface area contributed by atoms with Gasteiger partial charge in [-0.05, 0) is 25.7 Å². The van der Waals surface area contributed by atoms with E-state index in [-0.39, 0.29) is 76.6 Å². The maximum atomic E-state index is 12.0. The predicted octanol–water partition coefficient (Wildman–Crippen LogP) is 2.40. The molecule has 5 amide bonds. The Kier molecular flexibility index (Phi) is 21.3. The Morgan fingerprint density at radius 3 is 1.37 bits per heavy atom. The zero-order valence-corrected chi connectivity index (χ0v) is 28.4. The number of hydrogen-bond acceptors (Lipinski definition) is 13. The molecule has 0 aromatic rings. The molecule has 0 radical (unpaired) electrons. The number of hydroxylamine groups is 4. The van der Waals surface area contributed by atoms with Crippen LogP contribution in [-0.2, 0) is 62.2 Å². The third kappa shape index (κ3) is 19.1. The van der Waals surface area contributed by atoms with Crippen LogP contribution in [0.1, 0.15) is 116 Å². The first-order valence-electron chi connectivity index (χ1n) is 17.3. The summed E-state index contributed by atoms with van der Waals surface area (Å²) in [4.78, 5) is 103. The van der Waals surface area contributed by atoms with Gasteiger partial charge in [-0.3, -0.25) is 28.8 Å². The van der Waals surface area contributed by atoms with Crippen LogP contribution in [0.25, 0.3) is 0 Å². The van der Waals surface area contributed by atoms with E-state index in [1.165, 1.54) is 0 Å². The molecule has 1 N–H and O–H groups in total. The van der Waals surface area contributed by atoms with Gasteiger partial charge in [-0.1, -0.05) is 44.9 Å². The summed E-state index contributed by atoms with van der Waals surface area (Å²) in [5, 5.41) is 3.90. The van der Waals surface area contributed by atoms with Crippen LogP contribution in [0, 0.1) is 0 Å². The molecule has 2 rings (SSSR count). The number of ketones is 1. The van der Waals surface area contributed by atoms with Crippen LogP contribution in [0.3, 0.4) is 0 Å². The lowest BCUT2D eigenvalue weighted by Gasteiger charge is -2.12. The summed E-state index contributed by atoms with van der Waals surface area (Å²) >= 11 is 0. The number of carbonyl (C=O) groups is 8. The molecular weight excluding hydrogens is 646 g/mol. The van der Waals surface area contributed by atoms with Gasteiger partial charge >= 0.3 is 11.9 Å². The molecule has 276 valence electrons. The highest BCUT2D eigenvalue weighted by Crippen LogP contribution is 2.15. The fourth-order valence-electron chi connectivity index (χ4n) is 4.87. The van der Waals surface area contributed by atoms with E-state index >= 15 is 0 Å². The van der Waals surface area contributed by atoms with Gasteiger partial charge in [0.05, 0.1) is 26.4 Å². The molecule has 2 saturated heterocycles. The van der Waals surface area contributed by atoms with Gasteiger partial charge in [0.1, 0.15) is 13.2 Å². The van der Waals surface area contributed by atoms with Gasteiger partial charge in [-0.2, -0.15) is 0 Å². The highest BCUT2D eigenvalue weighted by molar-refractivity contribution is 6.02. The number of rotatable bonds is 29. The van der Waals surface area contributed by atoms with E-state index in [0.29, 0.717) is 49.1 Å². The molecule has 0 aromatic heterocycles. The van der Waals surface area contributed by atoms with Gasteiger partial charge in [0, 0.05) is 51.5 Å². The van der Waals surface area contributed by atoms with Gasteiger partial charge < -0.3 is 29.2 Å². The van der Waals surface area contributed by atoms with Crippen LogP contribution >= 0.6 is 0 Å². The monoisotopic (exact) mass is 697 g/mol. The molecule has 0 unspecified atom stereocenters. The number of imide groups is 2. The number of Topliss-reactive ketones (excluding diaryl/α,β-unsaturated/α-hetero) is 1. The highest BCUT2D eigenvalue weighted by Gasteiger charge is 2.33. The fraction of sp³-hybridized carbons (Fsp3) is 0.758. The maximum absolute atomic E-state index is 12.0. The zero-order valence-electron chi connectivity index (χ0n) is 28.4. The smallest absolute Gasteiger partial charge is 0.333 e. The normalized spacial score (nSPS) is 14.5. The number of unbranched alkanes of at least 4 members (excludes halogenated alkanes) is 9. The Labute approximate surface area is 286 Å². The lowest BCUT2D eigenvalue weighted by molar-refractivity contribution is -0.197. The lowest BCUT2D eigenvalue weighted by Crippen LogP contribution is -2.31. The zero-order chi connectivity index (χ0) is 35.7. The number of carbonyl (C=O) groups excluding carboxylic acids is 8. The average molecular weight is 698 g/mol. The predicted molar refractivity (Wildman–Crippen MR) is 169 cm³/mol. The van der Waals surface area contributed by atoms with Gasteiger partial charge in [-0.15, -0.1) is 10.1 Å². The minimum Gasteiger partial charge on any atom is -0.377 e. The molecule has 2 aliphatic rings. The van der Waals surface area contributed by atoms with Crippen molar-refractivity contribution in [1.29, 1.82) is 0 Å². The standard InChI is InChI=1S/C33H51N3O13/c37-26(12-8-4-1-2-5-9-13-32(43)48-35-28(39)15-16-29(35)40)24-46-22-20-45-21-23-47-25-27(38)34-19-11-7-3-6-10-14-33(44)49-36-30(41)17-18-31(36)42/h1-25H2,(H,34,38). The van der Waals surface area contributed by atoms with E-state index in [1.54, 1.807) is 0 Å². The fourth-order valence-corrected chi connectivity index (χ4v) is 4.87. The van der Waals surface area contributed by atoms with Crippen molar-refractivity contribution in [2.24, 2.45) is 0 Å². The SMILES string of the molecule is O=C(CCCCCCCCC(=O)ON1C(=O)CCC1=O)COCCOCCOCC(=O)NCCCCCCCC(=O)ON1C(=O)CCC1=O. The lowest BCUT2D eigenvalue weighted by atomic mass is 10.1. The molecule has 16 heteroatoms. The van der Waals surface area contributed by atoms with E-state index < -0.39 is 35.6 Å². The third-order valence-electron chi connectivity index (χ3n) is 7.60. The summed E-state index contributed by atoms with van der Waals surface area (Å²) in [6.07, 6.45) is 9.86. The van der Waals surface area contributed by atoms with Crippen molar-refractivity contribution >= 4 is 47.3 Å². The van der Waals surface area contributed by atoms with E-state index in [0.717, 1.165) is 57.8 Å². The molecule has 49 heavy (non-hydrogen) atoms. The second-order valence-electron chi connectivity index (χ2n) is 11.8. The molecule has 2 fully saturated rings. The quantitative estimate of drug-likeness (QED) is 0.0883. The van der Waals surface area contributed by atoms with Crippen LogP contribution in [0.5, 0.6) is 0 Å². The van der Waals surface area contributed by atoms with Crippen molar-refractivity contribution in [3.63, 3.8) is 0 Å². The highest BCUT2D eigenvalue weighted by atomic mass is 16.7. The van der Waals surface area contributed by atoms with E-state index in [2.05, 4.69) is 5.32 Å². The number of ether oxygens (including phenoxy) is 3. The molecule has 0 atom stereocenters. The van der Waals surface area contributed by atoms with Crippen molar-refractivity contribution in [3.05, 3.63) is 0 Å². The van der Waals surface area contributed by atoms with Crippen LogP contribution in [0.2, 0.25) is 0 Å². The van der Waals surface area contributed by atoms with Crippen molar-refractivity contribution in [2.75, 3.05) is 46.2 Å². The second-order valence-corrected chi connectivity index (χ2v) is 11.8. The Hall–Kier alpha value is -3.76. The van der Waals surface area contributed by atoms with Crippen molar-refractivity contribution < 1.29 is 62.2 Å². The molecule has 0 spiro atoms. The Balaban J connectivity index is 1.26. The Morgan fingerprint density at radius 2 is 0.878 bits per heavy atom. The van der Waals surface area contributed by atoms with E-state index in [9.17, 15) is 38.4 Å². The topological polar surface area (TPSA) is 201 Å². The molecule has 0 aliphatic carbocycles. The molecule has 0 aromatic carbocycles. The summed E-state index contributed by atoms with van der Waals surface area (Å²) in [5.74, 6) is -3.31. The first-order chi connectivity index (χ1) is 23.7. The van der Waals surface area contributed by atoms with E-state index in [4.69, 9.17) is 23.9 Å². The van der Waals surface area contributed by atoms with Crippen molar-refractivity contribution in [3.8, 4) is 0 Å². The number of nitrogens with zero attached hydrogens (tertiary/aromatic N) is 2. The number of nitrogens with one attached hydrogen (secondary N) is 1. The first-order valence-corrected chi connectivity index (χ1v) is 17.3. The van der Waals surface area contributed by atoms with Crippen LogP contribution in [-0.4, -0.2) is 104 Å². The Bertz CT molecular complexity index is 997. The molecule has 0 bridgehead atoms. The van der Waals surface area contributed by atoms with E-state index in [1.807, 2.05) is 0 Å². The largest absolute Gasteiger partial charge is 0.377 e. The second kappa shape index (κ2) is 25.2. The van der Waals surface area contributed by atoms with Gasteiger partial charge in [0.15, 0.2) is 5.78 Å². The summed E-state index contributed by atoms with van der Waals surface area (Å²) in [5.41, 5.74) is 0. The van der Waals surface area contributed by atoms with Crippen LogP contribution in [0.4, 0.5) is 0 Å². The van der Waals surface area contributed by atoms with Gasteiger partial charge in [-0.25, -0.2) is 9.59 Å². The van der Waals surface area contributed by atoms with Gasteiger partial charge in [0.2, 0.25) is 5.91 Å². The van der Waals surface area contributed by atoms with Crippen molar-refractivity contribution in [1.82, 2.24) is 15.4 Å². The minimum atomic E-state index is -0.591. The summed E-state index contributed by atoms with van der Waals surface area (Å²) < 4.78 is 16.0. The third-order valence-corrected chi connectivity index (χ3v) is 7.60. The van der Waals surface area contributed by atoms with Gasteiger partial charge in [0.25, 0.3) is 23.6 Å². The van der Waals surface area contributed by atoms with Crippen LogP contribution in [0.15, 0.2) is 0 Å². The maximum Gasteiger partial charge on any atom is 0.333 e. The summed E-state index contributed by atoms with van der Waals surface area (Å²) in [6.45, 7) is 1.61. The number of amides is 5. The molecule has 2 heterocycles. The Morgan fingerprint density at radius 1 is 0.490 bits per heavy atom. The molecular formula is C33H51N3O13. The first kappa shape index (κ1) is 41.4. The molecule has 0 saturated carbocycles. The van der Waals surface area contributed by atoms with Crippen molar-refractivity contribution in [2.45, 2.75) is 116 Å². The minimum absolute atomic E-state index is 0.0253. The molecule has 2 aliphatic heterocycles. The summed E-state index contributed by atoms with van der Waals surface area (Å²) in [7, 11) is 0. The van der Waals surface area contributed by atoms with Crippen LogP contribution < -0.4 is 5.32 Å². The summed E-state index contributed by atoms with van der Waals surface area (Å²) in [6, 6.07) is 0. The average Bonchev–Trinajstić information content (AvgIpc) is 3.56. The molecule has 16 nitrogen and oxygen atoms in total. The number of hydrogen-bond donors (Lipinski definition) is 1.